The summed E-state index contributed by atoms with van der Waals surface area (Å²) in [6, 6.07) is 7.22. The number of nitrogens with one attached hydrogen (secondary N) is 2. The number of rotatable bonds is 4. The van der Waals surface area contributed by atoms with Gasteiger partial charge < -0.3 is 20.1 Å². The van der Waals surface area contributed by atoms with E-state index in [9.17, 15) is 4.79 Å². The molecule has 0 radical (unpaired) electrons. The standard InChI is InChI=1S/C16H18N4O3/c1-11-13(6-8-18-20-11)19-16(21)17-7-5-12-3-2-4-14-15(12)23-10-9-22-14/h2-4,6,8H,5,7,9-10H2,1H3,(H2,17,18,19,21). The maximum atomic E-state index is 11.9. The molecule has 1 aliphatic heterocycles. The second-order valence-corrected chi connectivity index (χ2v) is 5.10. The number of fused-ring (bicyclic) bond motifs is 1. The third kappa shape index (κ3) is 3.68. The van der Waals surface area contributed by atoms with Crippen molar-refractivity contribution in [3.05, 3.63) is 41.7 Å². The average molecular weight is 314 g/mol. The fourth-order valence-electron chi connectivity index (χ4n) is 2.34. The van der Waals surface area contributed by atoms with Crippen molar-refractivity contribution in [2.75, 3.05) is 25.1 Å². The first-order chi connectivity index (χ1) is 11.2. The molecule has 0 bridgehead atoms. The van der Waals surface area contributed by atoms with E-state index >= 15 is 0 Å². The van der Waals surface area contributed by atoms with Gasteiger partial charge in [-0.3, -0.25) is 0 Å². The summed E-state index contributed by atoms with van der Waals surface area (Å²) >= 11 is 0. The lowest BCUT2D eigenvalue weighted by molar-refractivity contribution is 0.170. The lowest BCUT2D eigenvalue weighted by atomic mass is 10.1. The van der Waals surface area contributed by atoms with Crippen LogP contribution in [-0.2, 0) is 6.42 Å². The number of anilines is 1. The van der Waals surface area contributed by atoms with Crippen molar-refractivity contribution in [2.45, 2.75) is 13.3 Å². The summed E-state index contributed by atoms with van der Waals surface area (Å²) in [4.78, 5) is 11.9. The summed E-state index contributed by atoms with van der Waals surface area (Å²) in [5.74, 6) is 1.53. The van der Waals surface area contributed by atoms with Crippen LogP contribution in [0, 0.1) is 6.92 Å². The predicted molar refractivity (Wildman–Crippen MR) is 84.9 cm³/mol. The van der Waals surface area contributed by atoms with Gasteiger partial charge in [-0.05, 0) is 31.0 Å². The van der Waals surface area contributed by atoms with Gasteiger partial charge in [0.25, 0.3) is 0 Å². The molecule has 0 aliphatic carbocycles. The van der Waals surface area contributed by atoms with E-state index in [1.54, 1.807) is 13.0 Å². The monoisotopic (exact) mass is 314 g/mol. The molecule has 2 amide bonds. The van der Waals surface area contributed by atoms with Crippen LogP contribution in [-0.4, -0.2) is 36.0 Å². The Morgan fingerprint density at radius 2 is 2.13 bits per heavy atom. The number of aryl methyl sites for hydroxylation is 1. The van der Waals surface area contributed by atoms with Crippen LogP contribution in [0.25, 0.3) is 0 Å². The molecule has 0 spiro atoms. The molecule has 7 nitrogen and oxygen atoms in total. The smallest absolute Gasteiger partial charge is 0.319 e. The van der Waals surface area contributed by atoms with Crippen molar-refractivity contribution < 1.29 is 14.3 Å². The highest BCUT2D eigenvalue weighted by Crippen LogP contribution is 2.33. The zero-order chi connectivity index (χ0) is 16.1. The number of para-hydroxylation sites is 1. The number of benzene rings is 1. The normalized spacial score (nSPS) is 12.6. The molecule has 2 heterocycles. The molecular weight excluding hydrogens is 296 g/mol. The van der Waals surface area contributed by atoms with Crippen LogP contribution >= 0.6 is 0 Å². The molecule has 0 saturated carbocycles. The maximum absolute atomic E-state index is 11.9. The number of carbonyl (C=O) groups is 1. The Morgan fingerprint density at radius 3 is 3.00 bits per heavy atom. The number of carbonyl (C=O) groups excluding carboxylic acids is 1. The minimum Gasteiger partial charge on any atom is -0.486 e. The lowest BCUT2D eigenvalue weighted by Crippen LogP contribution is -2.31. The van der Waals surface area contributed by atoms with Gasteiger partial charge in [0.05, 0.1) is 17.6 Å². The predicted octanol–water partition coefficient (Wildman–Crippen LogP) is 1.92. The van der Waals surface area contributed by atoms with Crippen LogP contribution in [0.1, 0.15) is 11.3 Å². The Morgan fingerprint density at radius 1 is 1.26 bits per heavy atom. The van der Waals surface area contributed by atoms with Crippen molar-refractivity contribution in [1.29, 1.82) is 0 Å². The number of aromatic nitrogens is 2. The molecule has 1 aromatic heterocycles. The van der Waals surface area contributed by atoms with Crippen molar-refractivity contribution in [3.63, 3.8) is 0 Å². The van der Waals surface area contributed by atoms with Crippen LogP contribution in [0.4, 0.5) is 10.5 Å². The average Bonchev–Trinajstić information content (AvgIpc) is 2.57. The second-order valence-electron chi connectivity index (χ2n) is 5.10. The highest BCUT2D eigenvalue weighted by atomic mass is 16.6. The van der Waals surface area contributed by atoms with E-state index in [-0.39, 0.29) is 6.03 Å². The lowest BCUT2D eigenvalue weighted by Gasteiger charge is -2.21. The van der Waals surface area contributed by atoms with Gasteiger partial charge in [-0.25, -0.2) is 4.79 Å². The van der Waals surface area contributed by atoms with Gasteiger partial charge in [-0.15, -0.1) is 0 Å². The fourth-order valence-corrected chi connectivity index (χ4v) is 2.34. The Labute approximate surface area is 134 Å². The molecule has 0 unspecified atom stereocenters. The van der Waals surface area contributed by atoms with Crippen molar-refractivity contribution in [2.24, 2.45) is 0 Å². The van der Waals surface area contributed by atoms with Gasteiger partial charge in [0.1, 0.15) is 13.2 Å². The first-order valence-electron chi connectivity index (χ1n) is 7.44. The molecule has 2 N–H and O–H groups in total. The topological polar surface area (TPSA) is 85.4 Å². The highest BCUT2D eigenvalue weighted by molar-refractivity contribution is 5.89. The van der Waals surface area contributed by atoms with E-state index in [0.29, 0.717) is 37.6 Å². The van der Waals surface area contributed by atoms with E-state index in [1.165, 1.54) is 6.20 Å². The first-order valence-corrected chi connectivity index (χ1v) is 7.44. The van der Waals surface area contributed by atoms with Crippen LogP contribution in [0.15, 0.2) is 30.5 Å². The van der Waals surface area contributed by atoms with E-state index in [2.05, 4.69) is 20.8 Å². The minimum absolute atomic E-state index is 0.275. The van der Waals surface area contributed by atoms with Gasteiger partial charge in [0.2, 0.25) is 0 Å². The molecule has 3 rings (SSSR count). The van der Waals surface area contributed by atoms with Crippen molar-refractivity contribution >= 4 is 11.7 Å². The summed E-state index contributed by atoms with van der Waals surface area (Å²) in [5, 5.41) is 13.2. The third-order valence-electron chi connectivity index (χ3n) is 3.48. The molecule has 0 saturated heterocycles. The zero-order valence-corrected chi connectivity index (χ0v) is 12.8. The number of ether oxygens (including phenoxy) is 2. The number of amides is 2. The van der Waals surface area contributed by atoms with Gasteiger partial charge in [-0.2, -0.15) is 10.2 Å². The zero-order valence-electron chi connectivity index (χ0n) is 12.8. The van der Waals surface area contributed by atoms with Gasteiger partial charge >= 0.3 is 6.03 Å². The van der Waals surface area contributed by atoms with E-state index in [1.807, 2.05) is 18.2 Å². The third-order valence-corrected chi connectivity index (χ3v) is 3.48. The molecular formula is C16H18N4O3. The molecule has 0 atom stereocenters. The molecule has 120 valence electrons. The summed E-state index contributed by atoms with van der Waals surface area (Å²) in [6.07, 6.45) is 2.20. The Balaban J connectivity index is 1.54. The molecule has 2 aromatic rings. The summed E-state index contributed by atoms with van der Waals surface area (Å²) < 4.78 is 11.2. The quantitative estimate of drug-likeness (QED) is 0.900. The number of hydrogen-bond acceptors (Lipinski definition) is 5. The fraction of sp³-hybridized carbons (Fsp3) is 0.312. The number of nitrogens with zero attached hydrogens (tertiary/aromatic N) is 2. The Kier molecular flexibility index (Phi) is 4.56. The summed E-state index contributed by atoms with van der Waals surface area (Å²) in [5.41, 5.74) is 2.33. The number of urea groups is 1. The second kappa shape index (κ2) is 6.95. The maximum Gasteiger partial charge on any atom is 0.319 e. The van der Waals surface area contributed by atoms with Crippen LogP contribution in [0.3, 0.4) is 0 Å². The van der Waals surface area contributed by atoms with Crippen LogP contribution < -0.4 is 20.1 Å². The molecule has 23 heavy (non-hydrogen) atoms. The van der Waals surface area contributed by atoms with Crippen LogP contribution in [0.5, 0.6) is 11.5 Å². The van der Waals surface area contributed by atoms with E-state index < -0.39 is 0 Å². The largest absolute Gasteiger partial charge is 0.486 e. The highest BCUT2D eigenvalue weighted by Gasteiger charge is 2.15. The van der Waals surface area contributed by atoms with Crippen LogP contribution in [0.2, 0.25) is 0 Å². The minimum atomic E-state index is -0.275. The number of hydrogen-bond donors (Lipinski definition) is 2. The molecule has 1 aromatic carbocycles. The molecule has 0 fully saturated rings. The SMILES string of the molecule is Cc1nnccc1NC(=O)NCCc1cccc2c1OCCO2. The summed E-state index contributed by atoms with van der Waals surface area (Å²) in [7, 11) is 0. The van der Waals surface area contributed by atoms with Gasteiger partial charge in [0.15, 0.2) is 11.5 Å². The Hall–Kier alpha value is -2.83. The Bertz CT molecular complexity index is 705. The summed E-state index contributed by atoms with van der Waals surface area (Å²) in [6.45, 7) is 3.39. The van der Waals surface area contributed by atoms with Crippen molar-refractivity contribution in [1.82, 2.24) is 15.5 Å². The molecule has 7 heteroatoms. The first kappa shape index (κ1) is 15.1. The van der Waals surface area contributed by atoms with E-state index in [0.717, 1.165) is 17.1 Å². The van der Waals surface area contributed by atoms with Crippen molar-refractivity contribution in [3.8, 4) is 11.5 Å². The van der Waals surface area contributed by atoms with Gasteiger partial charge in [0, 0.05) is 6.54 Å². The molecule has 1 aliphatic rings. The van der Waals surface area contributed by atoms with E-state index in [4.69, 9.17) is 9.47 Å². The van der Waals surface area contributed by atoms with Gasteiger partial charge in [-0.1, -0.05) is 12.1 Å².